The molecule has 0 aromatic carbocycles. The van der Waals surface area contributed by atoms with E-state index in [1.54, 1.807) is 0 Å². The maximum atomic E-state index is 11.5. The Balaban J connectivity index is 3.83. The van der Waals surface area contributed by atoms with Crippen molar-refractivity contribution in [2.24, 2.45) is 5.73 Å². The van der Waals surface area contributed by atoms with Gasteiger partial charge in [-0.05, 0) is 25.8 Å². The van der Waals surface area contributed by atoms with Crippen molar-refractivity contribution >= 4 is 24.3 Å². The van der Waals surface area contributed by atoms with E-state index < -0.39 is 6.04 Å². The highest BCUT2D eigenvalue weighted by Crippen LogP contribution is 1.99. The third kappa shape index (κ3) is 9.90. The highest BCUT2D eigenvalue weighted by Gasteiger charge is 2.12. The van der Waals surface area contributed by atoms with E-state index >= 15 is 0 Å². The maximum Gasteiger partial charge on any atom is 0.221 e. The van der Waals surface area contributed by atoms with Gasteiger partial charge in [-0.25, -0.2) is 0 Å². The monoisotopic (exact) mass is 270 g/mol. The molecule has 1 atom stereocenters. The summed E-state index contributed by atoms with van der Waals surface area (Å²) >= 11 is 0. The number of unbranched alkanes of at least 4 members (excludes halogenated alkanes) is 1. The van der Waals surface area contributed by atoms with Gasteiger partial charge in [0, 0.05) is 19.1 Å². The van der Waals surface area contributed by atoms with Gasteiger partial charge in [0.25, 0.3) is 0 Å². The summed E-state index contributed by atoms with van der Waals surface area (Å²) in [5, 5.41) is 11.8. The van der Waals surface area contributed by atoms with Gasteiger partial charge < -0.3 is 26.6 Å². The average molecular weight is 270 g/mol. The predicted octanol–water partition coefficient (Wildman–Crippen LogP) is -0.655. The van der Waals surface area contributed by atoms with Crippen LogP contribution in [0.2, 0.25) is 0 Å². The molecular weight excluding hydrogens is 248 g/mol. The quantitative estimate of drug-likeness (QED) is 0.226. The number of carbonyl (C=O) groups excluding carboxylic acids is 3. The van der Waals surface area contributed by atoms with E-state index in [0.717, 1.165) is 19.1 Å². The maximum absolute atomic E-state index is 11.5. The predicted molar refractivity (Wildman–Crippen MR) is 71.9 cm³/mol. The number of hydrogen-bond acceptors (Lipinski definition) is 5. The lowest BCUT2D eigenvalue weighted by molar-refractivity contribution is -0.127. The van der Waals surface area contributed by atoms with Crippen LogP contribution in [0.15, 0.2) is 0 Å². The minimum absolute atomic E-state index is 0.0328. The second kappa shape index (κ2) is 11.3. The van der Waals surface area contributed by atoms with Crippen LogP contribution in [0.5, 0.6) is 0 Å². The molecule has 7 heteroatoms. The van der Waals surface area contributed by atoms with Gasteiger partial charge in [0.05, 0.1) is 12.6 Å². The van der Waals surface area contributed by atoms with Crippen molar-refractivity contribution in [2.75, 3.05) is 13.1 Å². The smallest absolute Gasteiger partial charge is 0.221 e. The first-order valence-electron chi connectivity index (χ1n) is 6.34. The van der Waals surface area contributed by atoms with Crippen molar-refractivity contribution in [3.05, 3.63) is 0 Å². The molecule has 0 rings (SSSR count). The topological polar surface area (TPSA) is 125 Å². The number of nitrogens with two attached hydrogens (primary N) is 1. The fraction of sp³-hybridized carbons (Fsp3) is 0.667. The Hall–Kier alpha value is -1.76. The third-order valence-electron chi connectivity index (χ3n) is 2.46. The van der Waals surface area contributed by atoms with Crippen molar-refractivity contribution < 1.29 is 14.4 Å². The van der Waals surface area contributed by atoms with Gasteiger partial charge in [-0.15, -0.1) is 0 Å². The molecule has 0 saturated carbocycles. The highest BCUT2D eigenvalue weighted by molar-refractivity contribution is 5.85. The van der Waals surface area contributed by atoms with E-state index in [0.29, 0.717) is 19.3 Å². The molecule has 1 unspecified atom stereocenters. The van der Waals surface area contributed by atoms with E-state index in [1.165, 1.54) is 0 Å². The Morgan fingerprint density at radius 1 is 1.21 bits per heavy atom. The molecule has 0 saturated heterocycles. The fourth-order valence-corrected chi connectivity index (χ4v) is 1.44. The molecule has 0 aliphatic heterocycles. The zero-order chi connectivity index (χ0) is 14.5. The summed E-state index contributed by atoms with van der Waals surface area (Å²) in [5.41, 5.74) is 5.34. The zero-order valence-electron chi connectivity index (χ0n) is 11.0. The lowest BCUT2D eigenvalue weighted by Gasteiger charge is -2.12. The molecule has 0 bridgehead atoms. The summed E-state index contributed by atoms with van der Waals surface area (Å²) in [6.07, 6.45) is 4.00. The van der Waals surface area contributed by atoms with Crippen LogP contribution in [0.25, 0.3) is 0 Å². The Morgan fingerprint density at radius 2 is 1.89 bits per heavy atom. The fourth-order valence-electron chi connectivity index (χ4n) is 1.44. The molecule has 0 aromatic heterocycles. The van der Waals surface area contributed by atoms with Crippen LogP contribution < -0.4 is 16.4 Å². The van der Waals surface area contributed by atoms with Crippen molar-refractivity contribution in [1.82, 2.24) is 10.6 Å². The molecule has 7 nitrogen and oxygen atoms in total. The highest BCUT2D eigenvalue weighted by atomic mass is 16.2. The second-order valence-electron chi connectivity index (χ2n) is 4.10. The summed E-state index contributed by atoms with van der Waals surface area (Å²) in [4.78, 5) is 33.5. The molecule has 5 N–H and O–H groups in total. The van der Waals surface area contributed by atoms with Crippen molar-refractivity contribution in [1.29, 1.82) is 5.41 Å². The van der Waals surface area contributed by atoms with Crippen LogP contribution in [0.1, 0.15) is 32.1 Å². The molecule has 0 spiro atoms. The lowest BCUT2D eigenvalue weighted by atomic mass is 10.1. The van der Waals surface area contributed by atoms with Crippen LogP contribution in [0.4, 0.5) is 0 Å². The minimum Gasteiger partial charge on any atom is -0.351 e. The number of carbonyl (C=O) groups is 3. The van der Waals surface area contributed by atoms with Crippen LogP contribution >= 0.6 is 0 Å². The van der Waals surface area contributed by atoms with Gasteiger partial charge in [0.2, 0.25) is 11.8 Å². The van der Waals surface area contributed by atoms with E-state index in [9.17, 15) is 14.4 Å². The van der Waals surface area contributed by atoms with E-state index in [2.05, 4.69) is 10.6 Å². The Kier molecular flexibility index (Phi) is 10.3. The van der Waals surface area contributed by atoms with E-state index in [-0.39, 0.29) is 31.2 Å². The molecule has 19 heavy (non-hydrogen) atoms. The summed E-state index contributed by atoms with van der Waals surface area (Å²) in [6.45, 7) is 0.725. The number of nitrogens with one attached hydrogen (secondary N) is 3. The number of amides is 2. The average Bonchev–Trinajstić information content (AvgIpc) is 2.41. The second-order valence-corrected chi connectivity index (χ2v) is 4.10. The summed E-state index contributed by atoms with van der Waals surface area (Å²) in [6, 6.07) is -0.510. The molecule has 0 aliphatic carbocycles. The normalized spacial score (nSPS) is 11.4. The molecule has 0 heterocycles. The third-order valence-corrected chi connectivity index (χ3v) is 2.46. The summed E-state index contributed by atoms with van der Waals surface area (Å²) in [7, 11) is 0. The van der Waals surface area contributed by atoms with Crippen molar-refractivity contribution in [3.63, 3.8) is 0 Å². The standard InChI is InChI=1S/C12H22N4O3/c13-6-2-1-3-10(9-17)16-12(19)5-4-11(18)15-8-7-14/h7,9-10,14H,1-6,8,13H2,(H,15,18)(H,16,19). The zero-order valence-corrected chi connectivity index (χ0v) is 11.0. The molecular formula is C12H22N4O3. The molecule has 0 aliphatic rings. The van der Waals surface area contributed by atoms with Crippen LogP contribution in [0, 0.1) is 5.41 Å². The van der Waals surface area contributed by atoms with Gasteiger partial charge in [0.15, 0.2) is 0 Å². The molecule has 0 fully saturated rings. The molecule has 0 radical (unpaired) electrons. The minimum atomic E-state index is -0.510. The van der Waals surface area contributed by atoms with Gasteiger partial charge in [0.1, 0.15) is 6.29 Å². The van der Waals surface area contributed by atoms with Crippen molar-refractivity contribution in [2.45, 2.75) is 38.1 Å². The summed E-state index contributed by atoms with van der Waals surface area (Å²) in [5.74, 6) is -0.612. The number of hydrogen-bond donors (Lipinski definition) is 4. The first kappa shape index (κ1) is 17.2. The summed E-state index contributed by atoms with van der Waals surface area (Å²) < 4.78 is 0. The van der Waals surface area contributed by atoms with Crippen LogP contribution in [-0.4, -0.2) is 43.4 Å². The first-order chi connectivity index (χ1) is 9.13. The van der Waals surface area contributed by atoms with Crippen molar-refractivity contribution in [3.8, 4) is 0 Å². The SMILES string of the molecule is N=CCNC(=O)CCC(=O)NC(C=O)CCCCN. The Morgan fingerprint density at radius 3 is 2.47 bits per heavy atom. The Bertz CT molecular complexity index is 307. The largest absolute Gasteiger partial charge is 0.351 e. The number of aldehydes is 1. The van der Waals surface area contributed by atoms with Crippen LogP contribution in [-0.2, 0) is 14.4 Å². The van der Waals surface area contributed by atoms with Gasteiger partial charge >= 0.3 is 0 Å². The molecule has 0 aromatic rings. The van der Waals surface area contributed by atoms with Crippen LogP contribution in [0.3, 0.4) is 0 Å². The van der Waals surface area contributed by atoms with Gasteiger partial charge in [-0.2, -0.15) is 0 Å². The Labute approximate surface area is 112 Å². The lowest BCUT2D eigenvalue weighted by Crippen LogP contribution is -2.36. The number of rotatable bonds is 11. The van der Waals surface area contributed by atoms with Gasteiger partial charge in [-0.1, -0.05) is 0 Å². The molecule has 108 valence electrons. The van der Waals surface area contributed by atoms with E-state index in [1.807, 2.05) is 0 Å². The van der Waals surface area contributed by atoms with Gasteiger partial charge in [-0.3, -0.25) is 9.59 Å². The van der Waals surface area contributed by atoms with E-state index in [4.69, 9.17) is 11.1 Å². The first-order valence-corrected chi connectivity index (χ1v) is 6.34. The molecule has 2 amide bonds.